The molecule has 0 fully saturated rings. The van der Waals surface area contributed by atoms with Crippen molar-refractivity contribution in [3.05, 3.63) is 40.6 Å². The van der Waals surface area contributed by atoms with Gasteiger partial charge in [-0.25, -0.2) is 8.42 Å². The third kappa shape index (κ3) is 3.59. The fraction of sp³-hybridized carbons (Fsp3) is 0.250. The molecule has 0 aliphatic carbocycles. The quantitative estimate of drug-likeness (QED) is 0.737. The van der Waals surface area contributed by atoms with Gasteiger partial charge in [0.1, 0.15) is 4.90 Å². The number of sulfonamides is 1. The summed E-state index contributed by atoms with van der Waals surface area (Å²) in [4.78, 5) is 0.203. The van der Waals surface area contributed by atoms with Crippen LogP contribution in [0.4, 0.5) is 5.69 Å². The molecule has 0 unspecified atom stereocenters. The Morgan fingerprint density at radius 1 is 1.40 bits per heavy atom. The van der Waals surface area contributed by atoms with E-state index in [1.807, 2.05) is 13.0 Å². The van der Waals surface area contributed by atoms with Crippen molar-refractivity contribution in [1.82, 2.24) is 15.5 Å². The first-order chi connectivity index (χ1) is 9.53. The summed E-state index contributed by atoms with van der Waals surface area (Å²) in [5.74, 6) is 0. The number of aromatic amines is 1. The van der Waals surface area contributed by atoms with E-state index in [0.29, 0.717) is 16.7 Å². The molecule has 0 bridgehead atoms. The monoisotopic (exact) mass is 358 g/mol. The van der Waals surface area contributed by atoms with Crippen molar-refractivity contribution in [1.29, 1.82) is 0 Å². The molecule has 1 aromatic carbocycles. The molecule has 0 aliphatic heterocycles. The van der Waals surface area contributed by atoms with Gasteiger partial charge in [-0.15, -0.1) is 0 Å². The molecule has 20 heavy (non-hydrogen) atoms. The van der Waals surface area contributed by atoms with Gasteiger partial charge in [0.05, 0.1) is 11.9 Å². The third-order valence-electron chi connectivity index (χ3n) is 2.61. The first-order valence-electron chi connectivity index (χ1n) is 6.03. The maximum atomic E-state index is 12.3. The zero-order chi connectivity index (χ0) is 14.6. The van der Waals surface area contributed by atoms with Crippen LogP contribution in [0.5, 0.6) is 0 Å². The van der Waals surface area contributed by atoms with E-state index in [0.717, 1.165) is 12.1 Å². The SMILES string of the molecule is CCNCc1ccc(Br)c(S(=O)(=O)Nc2cn[nH]c2)c1. The number of H-pyrrole nitrogens is 1. The van der Waals surface area contributed by atoms with Gasteiger partial charge in [0, 0.05) is 17.2 Å². The van der Waals surface area contributed by atoms with Gasteiger partial charge >= 0.3 is 0 Å². The summed E-state index contributed by atoms with van der Waals surface area (Å²) in [7, 11) is -3.65. The normalized spacial score (nSPS) is 11.5. The lowest BCUT2D eigenvalue weighted by Crippen LogP contribution is -2.15. The molecule has 0 saturated carbocycles. The third-order valence-corrected chi connectivity index (χ3v) is 4.99. The Morgan fingerprint density at radius 2 is 2.20 bits per heavy atom. The van der Waals surface area contributed by atoms with Crippen LogP contribution in [-0.4, -0.2) is 25.2 Å². The van der Waals surface area contributed by atoms with Crippen LogP contribution in [0.3, 0.4) is 0 Å². The Hall–Kier alpha value is -1.38. The number of anilines is 1. The van der Waals surface area contributed by atoms with Crippen LogP contribution in [0.25, 0.3) is 0 Å². The highest BCUT2D eigenvalue weighted by Gasteiger charge is 2.18. The largest absolute Gasteiger partial charge is 0.313 e. The highest BCUT2D eigenvalue weighted by atomic mass is 79.9. The summed E-state index contributed by atoms with van der Waals surface area (Å²) < 4.78 is 27.7. The van der Waals surface area contributed by atoms with Crippen LogP contribution < -0.4 is 10.0 Å². The Bertz CT molecular complexity index is 671. The Labute approximate surface area is 126 Å². The fourth-order valence-electron chi connectivity index (χ4n) is 1.65. The predicted molar refractivity (Wildman–Crippen MR) is 80.9 cm³/mol. The predicted octanol–water partition coefficient (Wildman–Crippen LogP) is 2.08. The lowest BCUT2D eigenvalue weighted by Gasteiger charge is -2.10. The molecule has 108 valence electrons. The van der Waals surface area contributed by atoms with E-state index in [9.17, 15) is 8.42 Å². The number of hydrogen-bond donors (Lipinski definition) is 3. The summed E-state index contributed by atoms with van der Waals surface area (Å²) >= 11 is 3.28. The van der Waals surface area contributed by atoms with Crippen LogP contribution in [0, 0.1) is 0 Å². The summed E-state index contributed by atoms with van der Waals surface area (Å²) in [6.07, 6.45) is 2.89. The number of benzene rings is 1. The average Bonchev–Trinajstić information content (AvgIpc) is 2.89. The van der Waals surface area contributed by atoms with E-state index in [1.165, 1.54) is 12.4 Å². The molecule has 6 nitrogen and oxygen atoms in total. The summed E-state index contributed by atoms with van der Waals surface area (Å²) in [6.45, 7) is 3.44. The molecule has 8 heteroatoms. The topological polar surface area (TPSA) is 86.9 Å². The van der Waals surface area contributed by atoms with Crippen molar-refractivity contribution in [2.75, 3.05) is 11.3 Å². The molecular weight excluding hydrogens is 344 g/mol. The second-order valence-electron chi connectivity index (χ2n) is 4.14. The second-order valence-corrected chi connectivity index (χ2v) is 6.64. The van der Waals surface area contributed by atoms with Crippen LogP contribution >= 0.6 is 15.9 Å². The minimum absolute atomic E-state index is 0.203. The second kappa shape index (κ2) is 6.38. The minimum Gasteiger partial charge on any atom is -0.313 e. The molecule has 0 amide bonds. The first kappa shape index (κ1) is 15.0. The highest BCUT2D eigenvalue weighted by Crippen LogP contribution is 2.25. The van der Waals surface area contributed by atoms with Crippen LogP contribution in [0.15, 0.2) is 40.0 Å². The molecule has 1 aromatic heterocycles. The van der Waals surface area contributed by atoms with Gasteiger partial charge in [0.15, 0.2) is 0 Å². The summed E-state index contributed by atoms with van der Waals surface area (Å²) in [6, 6.07) is 5.26. The lowest BCUT2D eigenvalue weighted by atomic mass is 10.2. The van der Waals surface area contributed by atoms with Crippen molar-refractivity contribution in [3.8, 4) is 0 Å². The standard InChI is InChI=1S/C12H15BrN4O2S/c1-2-14-6-9-3-4-11(13)12(5-9)20(18,19)17-10-7-15-16-8-10/h3-5,7-8,14,17H,2,6H2,1H3,(H,15,16). The maximum absolute atomic E-state index is 12.3. The average molecular weight is 359 g/mol. The van der Waals surface area contributed by atoms with Gasteiger partial charge < -0.3 is 5.32 Å². The highest BCUT2D eigenvalue weighted by molar-refractivity contribution is 9.10. The fourth-order valence-corrected chi connectivity index (χ4v) is 3.70. The van der Waals surface area contributed by atoms with Gasteiger partial charge in [-0.2, -0.15) is 5.10 Å². The molecule has 0 aliphatic rings. The first-order valence-corrected chi connectivity index (χ1v) is 8.31. The lowest BCUT2D eigenvalue weighted by molar-refractivity contribution is 0.600. The van der Waals surface area contributed by atoms with Crippen LogP contribution in [0.1, 0.15) is 12.5 Å². The molecule has 3 N–H and O–H groups in total. The van der Waals surface area contributed by atoms with Crippen molar-refractivity contribution in [3.63, 3.8) is 0 Å². The Morgan fingerprint density at radius 3 is 2.85 bits per heavy atom. The number of nitrogens with zero attached hydrogens (tertiary/aromatic N) is 1. The van der Waals surface area contributed by atoms with Crippen molar-refractivity contribution < 1.29 is 8.42 Å². The molecule has 1 heterocycles. The zero-order valence-corrected chi connectivity index (χ0v) is 13.3. The van der Waals surface area contributed by atoms with E-state index in [-0.39, 0.29) is 4.90 Å². The number of aromatic nitrogens is 2. The van der Waals surface area contributed by atoms with E-state index in [2.05, 4.69) is 36.2 Å². The number of nitrogens with one attached hydrogen (secondary N) is 3. The van der Waals surface area contributed by atoms with Crippen LogP contribution in [0.2, 0.25) is 0 Å². The Balaban J connectivity index is 2.30. The molecular formula is C12H15BrN4O2S. The maximum Gasteiger partial charge on any atom is 0.263 e. The van der Waals surface area contributed by atoms with Gasteiger partial charge in [0.25, 0.3) is 10.0 Å². The van der Waals surface area contributed by atoms with Gasteiger partial charge in [-0.1, -0.05) is 13.0 Å². The van der Waals surface area contributed by atoms with E-state index < -0.39 is 10.0 Å². The van der Waals surface area contributed by atoms with E-state index >= 15 is 0 Å². The van der Waals surface area contributed by atoms with E-state index in [4.69, 9.17) is 0 Å². The summed E-state index contributed by atoms with van der Waals surface area (Å²) in [5.41, 5.74) is 1.30. The van der Waals surface area contributed by atoms with E-state index in [1.54, 1.807) is 12.1 Å². The molecule has 0 saturated heterocycles. The number of hydrogen-bond acceptors (Lipinski definition) is 4. The molecule has 0 spiro atoms. The Kier molecular flexibility index (Phi) is 4.79. The molecule has 2 aromatic rings. The van der Waals surface area contributed by atoms with Crippen molar-refractivity contribution in [2.45, 2.75) is 18.4 Å². The van der Waals surface area contributed by atoms with Crippen LogP contribution in [-0.2, 0) is 16.6 Å². The minimum atomic E-state index is -3.65. The van der Waals surface area contributed by atoms with Gasteiger partial charge in [0.2, 0.25) is 0 Å². The van der Waals surface area contributed by atoms with Gasteiger partial charge in [-0.05, 0) is 40.2 Å². The number of halogens is 1. The molecule has 2 rings (SSSR count). The van der Waals surface area contributed by atoms with Crippen molar-refractivity contribution in [2.24, 2.45) is 0 Å². The zero-order valence-electron chi connectivity index (χ0n) is 10.9. The smallest absolute Gasteiger partial charge is 0.263 e. The molecule has 0 radical (unpaired) electrons. The van der Waals surface area contributed by atoms with Gasteiger partial charge in [-0.3, -0.25) is 9.82 Å². The van der Waals surface area contributed by atoms with Crippen molar-refractivity contribution >= 4 is 31.6 Å². The summed E-state index contributed by atoms with van der Waals surface area (Å²) in [5, 5.41) is 9.43. The number of rotatable bonds is 6. The molecule has 0 atom stereocenters.